The second kappa shape index (κ2) is 11.8. The van der Waals surface area contributed by atoms with Gasteiger partial charge in [-0.3, -0.25) is 9.59 Å². The number of anilines is 2. The molecule has 10 nitrogen and oxygen atoms in total. The highest BCUT2D eigenvalue weighted by molar-refractivity contribution is 6.09. The van der Waals surface area contributed by atoms with Crippen LogP contribution in [0.4, 0.5) is 11.4 Å². The van der Waals surface area contributed by atoms with Crippen LogP contribution >= 0.6 is 0 Å². The lowest BCUT2D eigenvalue weighted by atomic mass is 9.98. The number of nitrogens with one attached hydrogen (secondary N) is 2. The molecule has 0 fully saturated rings. The summed E-state index contributed by atoms with van der Waals surface area (Å²) in [6.45, 7) is 0. The standard InChI is InChI=1S/C30H24N2O8/c1-39-21-9-3-17(4-10-21)27(33)31-25-13-7-19(15-23(25)29(35)36)20-8-14-26(24(16-20)30(37)38)32-28(34)18-5-11-22(40-2)12-6-18/h3-16H,1-2H3,(H,31,33)(H,32,34)(H,35,36)(H,37,38). The predicted molar refractivity (Wildman–Crippen MR) is 148 cm³/mol. The number of carbonyl (C=O) groups is 4. The maximum absolute atomic E-state index is 12.7. The van der Waals surface area contributed by atoms with E-state index < -0.39 is 23.8 Å². The van der Waals surface area contributed by atoms with Crippen molar-refractivity contribution in [2.75, 3.05) is 24.9 Å². The topological polar surface area (TPSA) is 151 Å². The van der Waals surface area contributed by atoms with E-state index in [4.69, 9.17) is 9.47 Å². The quantitative estimate of drug-likeness (QED) is 0.224. The molecule has 4 N–H and O–H groups in total. The monoisotopic (exact) mass is 540 g/mol. The highest BCUT2D eigenvalue weighted by Crippen LogP contribution is 2.30. The van der Waals surface area contributed by atoms with Gasteiger partial charge in [0.2, 0.25) is 0 Å². The Hall–Kier alpha value is -5.64. The second-order valence-corrected chi connectivity index (χ2v) is 8.50. The molecule has 2 amide bonds. The molecule has 4 aromatic rings. The average molecular weight is 541 g/mol. The van der Waals surface area contributed by atoms with Crippen molar-refractivity contribution in [1.29, 1.82) is 0 Å². The van der Waals surface area contributed by atoms with Crippen LogP contribution in [0.1, 0.15) is 41.4 Å². The first-order valence-corrected chi connectivity index (χ1v) is 11.9. The van der Waals surface area contributed by atoms with E-state index in [0.29, 0.717) is 33.8 Å². The molecule has 0 spiro atoms. The van der Waals surface area contributed by atoms with E-state index in [-0.39, 0.29) is 22.5 Å². The molecule has 4 rings (SSSR count). The van der Waals surface area contributed by atoms with Crippen LogP contribution in [0, 0.1) is 0 Å². The maximum Gasteiger partial charge on any atom is 0.337 e. The van der Waals surface area contributed by atoms with Crippen molar-refractivity contribution < 1.29 is 38.9 Å². The number of carboxylic acid groups (broad SMARTS) is 2. The van der Waals surface area contributed by atoms with Gasteiger partial charge in [0.1, 0.15) is 11.5 Å². The molecule has 0 aromatic heterocycles. The maximum atomic E-state index is 12.7. The fourth-order valence-electron chi connectivity index (χ4n) is 3.89. The minimum Gasteiger partial charge on any atom is -0.497 e. The van der Waals surface area contributed by atoms with Crippen LogP contribution in [0.3, 0.4) is 0 Å². The lowest BCUT2D eigenvalue weighted by Crippen LogP contribution is -2.15. The molecule has 202 valence electrons. The predicted octanol–water partition coefficient (Wildman–Crippen LogP) is 5.27. The Morgan fingerprint density at radius 1 is 0.550 bits per heavy atom. The second-order valence-electron chi connectivity index (χ2n) is 8.50. The summed E-state index contributed by atoms with van der Waals surface area (Å²) in [7, 11) is 3.00. The minimum atomic E-state index is -1.28. The van der Waals surface area contributed by atoms with Gasteiger partial charge in [0.25, 0.3) is 11.8 Å². The lowest BCUT2D eigenvalue weighted by molar-refractivity contribution is 0.0686. The van der Waals surface area contributed by atoms with Gasteiger partial charge < -0.3 is 30.3 Å². The molecule has 0 heterocycles. The Balaban J connectivity index is 1.60. The molecular weight excluding hydrogens is 516 g/mol. The molecule has 0 saturated heterocycles. The van der Waals surface area contributed by atoms with Gasteiger partial charge in [-0.05, 0) is 83.9 Å². The van der Waals surface area contributed by atoms with E-state index in [1.54, 1.807) is 60.7 Å². The summed E-state index contributed by atoms with van der Waals surface area (Å²) in [4.78, 5) is 49.4. The van der Waals surface area contributed by atoms with Crippen molar-refractivity contribution >= 4 is 35.1 Å². The molecular formula is C30H24N2O8. The van der Waals surface area contributed by atoms with Crippen molar-refractivity contribution in [3.05, 3.63) is 107 Å². The summed E-state index contributed by atoms with van der Waals surface area (Å²) in [5, 5.41) is 24.8. The molecule has 0 atom stereocenters. The summed E-state index contributed by atoms with van der Waals surface area (Å²) in [5.74, 6) is -2.45. The number of carbonyl (C=O) groups excluding carboxylic acids is 2. The highest BCUT2D eigenvalue weighted by Gasteiger charge is 2.18. The molecule has 0 aliphatic rings. The molecule has 0 bridgehead atoms. The number of ether oxygens (including phenoxy) is 2. The van der Waals surface area contributed by atoms with Gasteiger partial charge in [-0.15, -0.1) is 0 Å². The Morgan fingerprint density at radius 3 is 1.20 bits per heavy atom. The Labute approximate surface area is 228 Å². The molecule has 10 heteroatoms. The summed E-state index contributed by atoms with van der Waals surface area (Å²) < 4.78 is 10.2. The van der Waals surface area contributed by atoms with Gasteiger partial charge in [-0.25, -0.2) is 9.59 Å². The molecule has 0 saturated carbocycles. The molecule has 0 aliphatic carbocycles. The molecule has 40 heavy (non-hydrogen) atoms. The van der Waals surface area contributed by atoms with Crippen molar-refractivity contribution in [1.82, 2.24) is 0 Å². The lowest BCUT2D eigenvalue weighted by Gasteiger charge is -2.13. The largest absolute Gasteiger partial charge is 0.497 e. The van der Waals surface area contributed by atoms with Crippen LogP contribution in [-0.2, 0) is 0 Å². The van der Waals surface area contributed by atoms with Crippen LogP contribution in [0.2, 0.25) is 0 Å². The molecule has 0 aliphatic heterocycles. The smallest absolute Gasteiger partial charge is 0.337 e. The van der Waals surface area contributed by atoms with E-state index in [1.807, 2.05) is 0 Å². The van der Waals surface area contributed by atoms with E-state index in [9.17, 15) is 29.4 Å². The summed E-state index contributed by atoms with van der Waals surface area (Å²) in [6, 6.07) is 21.3. The van der Waals surface area contributed by atoms with Gasteiger partial charge in [0.05, 0.1) is 36.7 Å². The van der Waals surface area contributed by atoms with Crippen LogP contribution < -0.4 is 20.1 Å². The summed E-state index contributed by atoms with van der Waals surface area (Å²) >= 11 is 0. The van der Waals surface area contributed by atoms with Crippen LogP contribution in [-0.4, -0.2) is 48.2 Å². The number of rotatable bonds is 9. The van der Waals surface area contributed by atoms with Gasteiger partial charge >= 0.3 is 11.9 Å². The Morgan fingerprint density at radius 2 is 0.900 bits per heavy atom. The van der Waals surface area contributed by atoms with Crippen LogP contribution in [0.15, 0.2) is 84.9 Å². The number of carboxylic acids is 2. The van der Waals surface area contributed by atoms with E-state index in [0.717, 1.165) is 0 Å². The van der Waals surface area contributed by atoms with Crippen molar-refractivity contribution in [2.45, 2.75) is 0 Å². The summed E-state index contributed by atoms with van der Waals surface area (Å²) in [6.07, 6.45) is 0. The molecule has 0 radical (unpaired) electrons. The first kappa shape index (κ1) is 27.4. The number of amides is 2. The van der Waals surface area contributed by atoms with E-state index in [2.05, 4.69) is 10.6 Å². The molecule has 0 unspecified atom stereocenters. The number of benzene rings is 4. The number of aromatic carboxylic acids is 2. The minimum absolute atomic E-state index is 0.0684. The van der Waals surface area contributed by atoms with Crippen molar-refractivity contribution in [3.63, 3.8) is 0 Å². The van der Waals surface area contributed by atoms with Gasteiger partial charge in [0, 0.05) is 11.1 Å². The van der Waals surface area contributed by atoms with Gasteiger partial charge in [-0.2, -0.15) is 0 Å². The highest BCUT2D eigenvalue weighted by atomic mass is 16.5. The van der Waals surface area contributed by atoms with Gasteiger partial charge in [0.15, 0.2) is 0 Å². The number of hydrogen-bond donors (Lipinski definition) is 4. The Kier molecular flexibility index (Phi) is 8.10. The third-order valence-electron chi connectivity index (χ3n) is 6.03. The number of methoxy groups -OCH3 is 2. The zero-order chi connectivity index (χ0) is 28.8. The van der Waals surface area contributed by atoms with E-state index in [1.165, 1.54) is 38.5 Å². The van der Waals surface area contributed by atoms with Crippen molar-refractivity contribution in [3.8, 4) is 22.6 Å². The number of hydrogen-bond acceptors (Lipinski definition) is 6. The van der Waals surface area contributed by atoms with Crippen molar-refractivity contribution in [2.24, 2.45) is 0 Å². The first-order chi connectivity index (χ1) is 19.2. The third-order valence-corrected chi connectivity index (χ3v) is 6.03. The van der Waals surface area contributed by atoms with Gasteiger partial charge in [-0.1, -0.05) is 12.1 Å². The van der Waals surface area contributed by atoms with E-state index >= 15 is 0 Å². The zero-order valence-corrected chi connectivity index (χ0v) is 21.4. The van der Waals surface area contributed by atoms with Crippen LogP contribution in [0.5, 0.6) is 11.5 Å². The SMILES string of the molecule is COc1ccc(C(=O)Nc2ccc(-c3ccc(NC(=O)c4ccc(OC)cc4)c(C(=O)O)c3)cc2C(=O)O)cc1. The fourth-order valence-corrected chi connectivity index (χ4v) is 3.89. The zero-order valence-electron chi connectivity index (χ0n) is 21.4. The normalized spacial score (nSPS) is 10.3. The third kappa shape index (κ3) is 6.08. The Bertz CT molecular complexity index is 1470. The fraction of sp³-hybridized carbons (Fsp3) is 0.0667. The van der Waals surface area contributed by atoms with Crippen LogP contribution in [0.25, 0.3) is 11.1 Å². The average Bonchev–Trinajstić information content (AvgIpc) is 2.97. The molecule has 4 aromatic carbocycles. The first-order valence-electron chi connectivity index (χ1n) is 11.9. The summed E-state index contributed by atoms with van der Waals surface area (Å²) in [5.41, 5.74) is 1.17.